The molecule has 0 aliphatic heterocycles. The zero-order valence-corrected chi connectivity index (χ0v) is 13.6. The topological polar surface area (TPSA) is 0 Å². The van der Waals surface area contributed by atoms with Gasteiger partial charge in [0.1, 0.15) is 11.6 Å². The van der Waals surface area contributed by atoms with Crippen molar-refractivity contribution in [1.29, 1.82) is 0 Å². The van der Waals surface area contributed by atoms with E-state index in [2.05, 4.69) is 12.1 Å². The molecule has 0 saturated carbocycles. The normalized spacial score (nSPS) is 9.96. The number of halogens is 2. The molecule has 0 bridgehead atoms. The first-order chi connectivity index (χ1) is 11.1. The maximum atomic E-state index is 13.0. The Kier molecular flexibility index (Phi) is 5.64. The molecule has 0 atom stereocenters. The van der Waals surface area contributed by atoms with Gasteiger partial charge in [0, 0.05) is 0 Å². The van der Waals surface area contributed by atoms with Gasteiger partial charge in [-0.2, -0.15) is 0 Å². The van der Waals surface area contributed by atoms with E-state index in [1.807, 2.05) is 26.8 Å². The second-order valence-electron chi connectivity index (χ2n) is 5.10. The summed E-state index contributed by atoms with van der Waals surface area (Å²) in [6.07, 6.45) is 0. The van der Waals surface area contributed by atoms with E-state index in [9.17, 15) is 8.78 Å². The Labute approximate surface area is 136 Å². The molecular formula is C21H20F2. The molecule has 0 N–H and O–H groups in total. The fraction of sp³-hybridized carbons (Fsp3) is 0.143. The minimum absolute atomic E-state index is 0.245. The SMILES string of the molecule is CC.Cc1cc(-c2ccc(F)cc2)cc(-c2ccc(F)cc2)c1. The summed E-state index contributed by atoms with van der Waals surface area (Å²) in [5, 5.41) is 0. The monoisotopic (exact) mass is 310 g/mol. The van der Waals surface area contributed by atoms with Crippen molar-refractivity contribution in [2.24, 2.45) is 0 Å². The average molecular weight is 310 g/mol. The van der Waals surface area contributed by atoms with Gasteiger partial charge in [0.25, 0.3) is 0 Å². The zero-order valence-electron chi connectivity index (χ0n) is 13.6. The van der Waals surface area contributed by atoms with E-state index in [1.54, 1.807) is 24.3 Å². The van der Waals surface area contributed by atoms with Crippen LogP contribution < -0.4 is 0 Å². The van der Waals surface area contributed by atoms with Crippen molar-refractivity contribution in [2.45, 2.75) is 20.8 Å². The number of aryl methyl sites for hydroxylation is 1. The molecule has 0 saturated heterocycles. The number of hydrogen-bond donors (Lipinski definition) is 0. The highest BCUT2D eigenvalue weighted by molar-refractivity contribution is 5.74. The summed E-state index contributed by atoms with van der Waals surface area (Å²) in [6.45, 7) is 6.01. The molecule has 23 heavy (non-hydrogen) atoms. The van der Waals surface area contributed by atoms with E-state index >= 15 is 0 Å². The summed E-state index contributed by atoms with van der Waals surface area (Å²) in [7, 11) is 0. The molecule has 0 nitrogen and oxygen atoms in total. The lowest BCUT2D eigenvalue weighted by Crippen LogP contribution is -1.85. The van der Waals surface area contributed by atoms with E-state index in [1.165, 1.54) is 24.3 Å². The molecule has 0 fully saturated rings. The van der Waals surface area contributed by atoms with Gasteiger partial charge in [0.05, 0.1) is 0 Å². The van der Waals surface area contributed by atoms with Crippen LogP contribution in [0.2, 0.25) is 0 Å². The molecule has 3 aromatic rings. The van der Waals surface area contributed by atoms with Crippen LogP contribution in [0.4, 0.5) is 8.78 Å². The smallest absolute Gasteiger partial charge is 0.123 e. The highest BCUT2D eigenvalue weighted by Gasteiger charge is 2.04. The van der Waals surface area contributed by atoms with Gasteiger partial charge in [-0.25, -0.2) is 8.78 Å². The molecule has 0 unspecified atom stereocenters. The lowest BCUT2D eigenvalue weighted by Gasteiger charge is -2.08. The van der Waals surface area contributed by atoms with Crippen LogP contribution in [-0.4, -0.2) is 0 Å². The highest BCUT2D eigenvalue weighted by atomic mass is 19.1. The third kappa shape index (κ3) is 4.26. The van der Waals surface area contributed by atoms with Crippen LogP contribution in [-0.2, 0) is 0 Å². The molecule has 0 aliphatic carbocycles. The summed E-state index contributed by atoms with van der Waals surface area (Å²) >= 11 is 0. The zero-order chi connectivity index (χ0) is 16.8. The molecule has 0 heterocycles. The van der Waals surface area contributed by atoms with Gasteiger partial charge in [0.15, 0.2) is 0 Å². The number of benzene rings is 3. The summed E-state index contributed by atoms with van der Waals surface area (Å²) in [6, 6.07) is 19.0. The van der Waals surface area contributed by atoms with Gasteiger partial charge in [-0.05, 0) is 65.1 Å². The standard InChI is InChI=1S/C19H14F2.C2H6/c1-13-10-16(14-2-6-18(20)7-3-14)12-17(11-13)15-4-8-19(21)9-5-15;1-2/h2-12H,1H3;1-2H3. The van der Waals surface area contributed by atoms with Gasteiger partial charge in [-0.15, -0.1) is 0 Å². The lowest BCUT2D eigenvalue weighted by atomic mass is 9.96. The maximum Gasteiger partial charge on any atom is 0.123 e. The summed E-state index contributed by atoms with van der Waals surface area (Å²) in [4.78, 5) is 0. The molecule has 3 rings (SSSR count). The van der Waals surface area contributed by atoms with Crippen LogP contribution in [0, 0.1) is 18.6 Å². The summed E-state index contributed by atoms with van der Waals surface area (Å²) in [5.41, 5.74) is 5.08. The molecule has 0 amide bonds. The number of rotatable bonds is 2. The van der Waals surface area contributed by atoms with Crippen molar-refractivity contribution in [3.05, 3.63) is 83.9 Å². The molecule has 0 spiro atoms. The Morgan fingerprint density at radius 3 is 1.22 bits per heavy atom. The van der Waals surface area contributed by atoms with Crippen molar-refractivity contribution in [2.75, 3.05) is 0 Å². The summed E-state index contributed by atoms with van der Waals surface area (Å²) < 4.78 is 26.1. The first-order valence-electron chi connectivity index (χ1n) is 7.75. The Bertz CT molecular complexity index is 693. The quantitative estimate of drug-likeness (QED) is 0.498. The van der Waals surface area contributed by atoms with Crippen LogP contribution in [0.25, 0.3) is 22.3 Å². The Morgan fingerprint density at radius 2 is 0.870 bits per heavy atom. The Morgan fingerprint density at radius 1 is 0.522 bits per heavy atom. The third-order valence-corrected chi connectivity index (χ3v) is 3.43. The van der Waals surface area contributed by atoms with Crippen LogP contribution in [0.3, 0.4) is 0 Å². The molecule has 118 valence electrons. The van der Waals surface area contributed by atoms with Gasteiger partial charge < -0.3 is 0 Å². The second kappa shape index (κ2) is 7.68. The van der Waals surface area contributed by atoms with E-state index in [0.29, 0.717) is 0 Å². The first-order valence-corrected chi connectivity index (χ1v) is 7.75. The van der Waals surface area contributed by atoms with Crippen molar-refractivity contribution >= 4 is 0 Å². The predicted molar refractivity (Wildman–Crippen MR) is 93.3 cm³/mol. The van der Waals surface area contributed by atoms with E-state index in [4.69, 9.17) is 0 Å². The van der Waals surface area contributed by atoms with Crippen molar-refractivity contribution in [3.63, 3.8) is 0 Å². The van der Waals surface area contributed by atoms with E-state index in [0.717, 1.165) is 27.8 Å². The fourth-order valence-corrected chi connectivity index (χ4v) is 2.40. The maximum absolute atomic E-state index is 13.0. The van der Waals surface area contributed by atoms with E-state index < -0.39 is 0 Å². The van der Waals surface area contributed by atoms with Crippen LogP contribution in [0.15, 0.2) is 66.7 Å². The van der Waals surface area contributed by atoms with Gasteiger partial charge in [-0.3, -0.25) is 0 Å². The molecule has 0 radical (unpaired) electrons. The Hall–Kier alpha value is -2.48. The Balaban J connectivity index is 0.000000924. The molecular weight excluding hydrogens is 290 g/mol. The van der Waals surface area contributed by atoms with Crippen molar-refractivity contribution in [3.8, 4) is 22.3 Å². The van der Waals surface area contributed by atoms with Gasteiger partial charge >= 0.3 is 0 Å². The first kappa shape index (κ1) is 16.9. The average Bonchev–Trinajstić information content (AvgIpc) is 2.57. The van der Waals surface area contributed by atoms with Crippen molar-refractivity contribution < 1.29 is 8.78 Å². The van der Waals surface area contributed by atoms with Crippen LogP contribution >= 0.6 is 0 Å². The molecule has 2 heteroatoms. The van der Waals surface area contributed by atoms with Crippen LogP contribution in [0.5, 0.6) is 0 Å². The third-order valence-electron chi connectivity index (χ3n) is 3.43. The summed E-state index contributed by atoms with van der Waals surface area (Å²) in [5.74, 6) is -0.490. The van der Waals surface area contributed by atoms with Gasteiger partial charge in [-0.1, -0.05) is 50.2 Å². The minimum Gasteiger partial charge on any atom is -0.207 e. The number of hydrogen-bond acceptors (Lipinski definition) is 0. The molecule has 3 aromatic carbocycles. The lowest BCUT2D eigenvalue weighted by molar-refractivity contribution is 0.627. The van der Waals surface area contributed by atoms with Crippen molar-refractivity contribution in [1.82, 2.24) is 0 Å². The predicted octanol–water partition coefficient (Wildman–Crippen LogP) is 6.63. The van der Waals surface area contributed by atoms with Gasteiger partial charge in [0.2, 0.25) is 0 Å². The fourth-order valence-electron chi connectivity index (χ4n) is 2.40. The minimum atomic E-state index is -0.245. The van der Waals surface area contributed by atoms with E-state index in [-0.39, 0.29) is 11.6 Å². The molecule has 0 aliphatic rings. The largest absolute Gasteiger partial charge is 0.207 e. The molecule has 0 aromatic heterocycles. The van der Waals surface area contributed by atoms with Crippen LogP contribution in [0.1, 0.15) is 19.4 Å². The second-order valence-corrected chi connectivity index (χ2v) is 5.10. The highest BCUT2D eigenvalue weighted by Crippen LogP contribution is 2.28.